The first-order valence-electron chi connectivity index (χ1n) is 9.46. The zero-order chi connectivity index (χ0) is 22.4. The van der Waals surface area contributed by atoms with Crippen molar-refractivity contribution >= 4 is 35.3 Å². The van der Waals surface area contributed by atoms with Crippen molar-refractivity contribution in [3.63, 3.8) is 0 Å². The van der Waals surface area contributed by atoms with Crippen LogP contribution in [-0.4, -0.2) is 41.4 Å². The molecular formula is C22H21ClN4O4. The molecule has 0 atom stereocenters. The van der Waals surface area contributed by atoms with Crippen LogP contribution >= 0.6 is 11.6 Å². The Labute approximate surface area is 184 Å². The second kappa shape index (κ2) is 7.63. The van der Waals surface area contributed by atoms with E-state index >= 15 is 0 Å². The van der Waals surface area contributed by atoms with Gasteiger partial charge in [0.05, 0.1) is 30.5 Å². The monoisotopic (exact) mass is 440 g/mol. The molecule has 0 spiro atoms. The molecule has 0 radical (unpaired) electrons. The summed E-state index contributed by atoms with van der Waals surface area (Å²) < 4.78 is 12.8. The SMILES string of the molecule is COc1cc(OC)c(-n2c(C)cc(/C=C3/C(=N)N4OC(C)=CC4=NC3=O)c2C)cc1Cl. The number of carbonyl (C=O) groups is 1. The highest BCUT2D eigenvalue weighted by Gasteiger charge is 2.34. The van der Waals surface area contributed by atoms with Crippen molar-refractivity contribution in [2.24, 2.45) is 4.99 Å². The molecule has 0 aliphatic carbocycles. The van der Waals surface area contributed by atoms with Crippen LogP contribution in [0.2, 0.25) is 5.02 Å². The summed E-state index contributed by atoms with van der Waals surface area (Å²) >= 11 is 6.36. The van der Waals surface area contributed by atoms with Gasteiger partial charge in [0.15, 0.2) is 11.7 Å². The average Bonchev–Trinajstić information content (AvgIpc) is 3.23. The Hall–Kier alpha value is -3.52. The lowest BCUT2D eigenvalue weighted by Gasteiger charge is -2.23. The molecule has 8 nitrogen and oxygen atoms in total. The van der Waals surface area contributed by atoms with Gasteiger partial charge in [-0.05, 0) is 44.5 Å². The summed E-state index contributed by atoms with van der Waals surface area (Å²) in [6.45, 7) is 5.59. The lowest BCUT2D eigenvalue weighted by molar-refractivity contribution is -0.114. The van der Waals surface area contributed by atoms with E-state index in [9.17, 15) is 4.79 Å². The molecule has 0 saturated carbocycles. The molecule has 0 fully saturated rings. The molecule has 160 valence electrons. The Morgan fingerprint density at radius 2 is 1.84 bits per heavy atom. The third-order valence-electron chi connectivity index (χ3n) is 5.14. The second-order valence-corrected chi connectivity index (χ2v) is 7.55. The number of aliphatic imine (C=N–C) groups is 1. The van der Waals surface area contributed by atoms with Gasteiger partial charge in [-0.15, -0.1) is 5.06 Å². The van der Waals surface area contributed by atoms with Crippen LogP contribution in [0.4, 0.5) is 0 Å². The third-order valence-corrected chi connectivity index (χ3v) is 5.44. The maximum absolute atomic E-state index is 12.6. The Kier molecular flexibility index (Phi) is 5.10. The molecule has 1 N–H and O–H groups in total. The molecule has 0 bridgehead atoms. The minimum Gasteiger partial charge on any atom is -0.495 e. The topological polar surface area (TPSA) is 89.1 Å². The minimum absolute atomic E-state index is 0.0574. The van der Waals surface area contributed by atoms with E-state index < -0.39 is 5.91 Å². The Morgan fingerprint density at radius 3 is 2.52 bits per heavy atom. The first-order chi connectivity index (χ1) is 14.7. The summed E-state index contributed by atoms with van der Waals surface area (Å²) in [7, 11) is 3.12. The fourth-order valence-electron chi connectivity index (χ4n) is 3.68. The van der Waals surface area contributed by atoms with Gasteiger partial charge in [0, 0.05) is 23.5 Å². The summed E-state index contributed by atoms with van der Waals surface area (Å²) in [4.78, 5) is 22.1. The van der Waals surface area contributed by atoms with Gasteiger partial charge in [0.2, 0.25) is 0 Å². The highest BCUT2D eigenvalue weighted by molar-refractivity contribution is 6.33. The molecule has 0 saturated heterocycles. The first-order valence-corrected chi connectivity index (χ1v) is 9.83. The largest absolute Gasteiger partial charge is 0.495 e. The number of hydroxylamine groups is 2. The van der Waals surface area contributed by atoms with Crippen LogP contribution in [0.5, 0.6) is 11.5 Å². The lowest BCUT2D eigenvalue weighted by Crippen LogP contribution is -2.38. The Bertz CT molecular complexity index is 1220. The predicted octanol–water partition coefficient (Wildman–Crippen LogP) is 4.22. The summed E-state index contributed by atoms with van der Waals surface area (Å²) in [6, 6.07) is 5.42. The van der Waals surface area contributed by atoms with Crippen molar-refractivity contribution in [1.29, 1.82) is 5.41 Å². The number of amidine groups is 2. The van der Waals surface area contributed by atoms with Gasteiger partial charge < -0.3 is 18.9 Å². The van der Waals surface area contributed by atoms with E-state index in [2.05, 4.69) is 4.99 Å². The van der Waals surface area contributed by atoms with E-state index in [0.717, 1.165) is 22.6 Å². The van der Waals surface area contributed by atoms with Gasteiger partial charge >= 0.3 is 0 Å². The molecule has 4 rings (SSSR count). The van der Waals surface area contributed by atoms with Gasteiger partial charge in [-0.1, -0.05) is 11.6 Å². The molecule has 9 heteroatoms. The molecular weight excluding hydrogens is 420 g/mol. The normalized spacial score (nSPS) is 16.8. The number of aromatic nitrogens is 1. The van der Waals surface area contributed by atoms with Crippen molar-refractivity contribution in [3.8, 4) is 17.2 Å². The molecule has 31 heavy (non-hydrogen) atoms. The maximum atomic E-state index is 12.6. The number of rotatable bonds is 4. The summed E-state index contributed by atoms with van der Waals surface area (Å²) in [5.74, 6) is 1.44. The van der Waals surface area contributed by atoms with Gasteiger partial charge in [0.1, 0.15) is 17.3 Å². The number of halogens is 1. The van der Waals surface area contributed by atoms with Gasteiger partial charge in [-0.3, -0.25) is 10.2 Å². The molecule has 3 heterocycles. The standard InChI is InChI=1S/C22H21ClN4O4/c1-11-6-14(8-15-21(24)27-20(25-22(15)28)7-12(2)31-27)13(3)26(11)17-9-16(23)18(29-4)10-19(17)30-5/h6-10,24H,1-5H3/b15-8-,24-21?. The number of carbonyl (C=O) groups excluding carboxylic acids is 1. The van der Waals surface area contributed by atoms with E-state index in [1.807, 2.05) is 24.5 Å². The lowest BCUT2D eigenvalue weighted by atomic mass is 10.1. The number of aryl methyl sites for hydroxylation is 1. The van der Waals surface area contributed by atoms with Crippen molar-refractivity contribution < 1.29 is 19.1 Å². The van der Waals surface area contributed by atoms with Crippen LogP contribution < -0.4 is 9.47 Å². The van der Waals surface area contributed by atoms with E-state index in [0.29, 0.717) is 28.1 Å². The smallest absolute Gasteiger partial charge is 0.282 e. The van der Waals surface area contributed by atoms with E-state index in [1.54, 1.807) is 45.4 Å². The molecule has 2 aromatic rings. The Balaban J connectivity index is 1.80. The molecule has 0 unspecified atom stereocenters. The Morgan fingerprint density at radius 1 is 1.13 bits per heavy atom. The van der Waals surface area contributed by atoms with Crippen molar-refractivity contribution in [1.82, 2.24) is 9.63 Å². The fraction of sp³-hybridized carbons (Fsp3) is 0.227. The number of allylic oxidation sites excluding steroid dienone is 1. The molecule has 1 aromatic heterocycles. The van der Waals surface area contributed by atoms with Crippen LogP contribution in [0.3, 0.4) is 0 Å². The molecule has 1 amide bonds. The van der Waals surface area contributed by atoms with E-state index in [1.165, 1.54) is 5.06 Å². The number of fused-ring (bicyclic) bond motifs is 1. The zero-order valence-electron chi connectivity index (χ0n) is 17.7. The summed E-state index contributed by atoms with van der Waals surface area (Å²) in [5, 5.41) is 10.1. The zero-order valence-corrected chi connectivity index (χ0v) is 18.5. The van der Waals surface area contributed by atoms with Crippen LogP contribution in [0.15, 0.2) is 40.6 Å². The van der Waals surface area contributed by atoms with Crippen LogP contribution in [0.1, 0.15) is 23.9 Å². The number of methoxy groups -OCH3 is 2. The molecule has 2 aliphatic heterocycles. The number of nitrogens with one attached hydrogen (secondary N) is 1. The van der Waals surface area contributed by atoms with E-state index in [-0.39, 0.29) is 11.4 Å². The highest BCUT2D eigenvalue weighted by Crippen LogP contribution is 2.37. The predicted molar refractivity (Wildman–Crippen MR) is 118 cm³/mol. The fourth-order valence-corrected chi connectivity index (χ4v) is 3.91. The number of benzene rings is 1. The maximum Gasteiger partial charge on any atom is 0.282 e. The molecule has 2 aliphatic rings. The molecule has 1 aromatic carbocycles. The number of amides is 1. The highest BCUT2D eigenvalue weighted by atomic mass is 35.5. The van der Waals surface area contributed by atoms with E-state index in [4.69, 9.17) is 31.3 Å². The number of ether oxygens (including phenoxy) is 2. The van der Waals surface area contributed by atoms with Crippen molar-refractivity contribution in [2.75, 3.05) is 14.2 Å². The van der Waals surface area contributed by atoms with Gasteiger partial charge in [0.25, 0.3) is 5.91 Å². The number of nitrogens with zero attached hydrogens (tertiary/aromatic N) is 3. The van der Waals surface area contributed by atoms with Crippen molar-refractivity contribution in [2.45, 2.75) is 20.8 Å². The number of hydrogen-bond acceptors (Lipinski definition) is 5. The quantitative estimate of drug-likeness (QED) is 0.719. The van der Waals surface area contributed by atoms with Crippen LogP contribution in [-0.2, 0) is 9.63 Å². The van der Waals surface area contributed by atoms with Gasteiger partial charge in [-0.2, -0.15) is 4.99 Å². The van der Waals surface area contributed by atoms with Gasteiger partial charge in [-0.25, -0.2) is 0 Å². The van der Waals surface area contributed by atoms with Crippen LogP contribution in [0.25, 0.3) is 11.8 Å². The third kappa shape index (κ3) is 3.38. The van der Waals surface area contributed by atoms with Crippen molar-refractivity contribution in [3.05, 3.63) is 57.6 Å². The number of hydrogen-bond donors (Lipinski definition) is 1. The second-order valence-electron chi connectivity index (χ2n) is 7.14. The first kappa shape index (κ1) is 20.7. The minimum atomic E-state index is -0.485. The average molecular weight is 441 g/mol. The summed E-state index contributed by atoms with van der Waals surface area (Å²) in [5.41, 5.74) is 3.39. The van der Waals surface area contributed by atoms with Crippen LogP contribution in [0, 0.1) is 19.3 Å². The summed E-state index contributed by atoms with van der Waals surface area (Å²) in [6.07, 6.45) is 3.27.